The van der Waals surface area contributed by atoms with Gasteiger partial charge in [0.2, 0.25) is 5.91 Å². The number of piperidine rings is 1. The molecule has 0 aromatic heterocycles. The van der Waals surface area contributed by atoms with Crippen LogP contribution in [0.5, 0.6) is 0 Å². The first-order valence-electron chi connectivity index (χ1n) is 11.2. The molecule has 2 aromatic rings. The van der Waals surface area contributed by atoms with Gasteiger partial charge in [0, 0.05) is 36.8 Å². The molecule has 2 aliphatic heterocycles. The fourth-order valence-electron chi connectivity index (χ4n) is 4.99. The zero-order valence-corrected chi connectivity index (χ0v) is 18.6. The van der Waals surface area contributed by atoms with Crippen molar-refractivity contribution in [3.05, 3.63) is 65.2 Å². The fourth-order valence-corrected chi connectivity index (χ4v) is 5.12. The minimum absolute atomic E-state index is 0.220. The Morgan fingerprint density at radius 3 is 2.40 bits per heavy atom. The van der Waals surface area contributed by atoms with Crippen LogP contribution in [-0.2, 0) is 4.79 Å². The standard InChI is InChI=1S/C25H32ClN3O/c1-27(22-13-11-21(26)12-14-22)19-25(30)29-17-7-10-23(20-8-3-2-4-9-20)24(29)18-28-15-5-6-16-28/h2-4,8-9,11-14,23-24H,5-7,10,15-19H2,1H3/t23-,24+/m1/s1. The van der Waals surface area contributed by atoms with E-state index in [4.69, 9.17) is 11.6 Å². The minimum atomic E-state index is 0.220. The molecule has 2 aliphatic rings. The monoisotopic (exact) mass is 425 g/mol. The second-order valence-corrected chi connectivity index (χ2v) is 9.09. The molecule has 0 spiro atoms. The largest absolute Gasteiger partial charge is 0.365 e. The molecule has 0 saturated carbocycles. The molecule has 0 bridgehead atoms. The number of carbonyl (C=O) groups is 1. The minimum Gasteiger partial charge on any atom is -0.365 e. The quantitative estimate of drug-likeness (QED) is 0.674. The van der Waals surface area contributed by atoms with Crippen molar-refractivity contribution >= 4 is 23.2 Å². The number of halogens is 1. The Hall–Kier alpha value is -2.04. The van der Waals surface area contributed by atoms with E-state index in [1.165, 1.54) is 18.4 Å². The highest BCUT2D eigenvalue weighted by Crippen LogP contribution is 2.34. The first-order chi connectivity index (χ1) is 14.6. The first kappa shape index (κ1) is 21.2. The van der Waals surface area contributed by atoms with E-state index in [0.29, 0.717) is 17.5 Å². The highest BCUT2D eigenvalue weighted by Gasteiger charge is 2.36. The summed E-state index contributed by atoms with van der Waals surface area (Å²) >= 11 is 6.02. The summed E-state index contributed by atoms with van der Waals surface area (Å²) in [6.07, 6.45) is 4.76. The van der Waals surface area contributed by atoms with Gasteiger partial charge in [0.1, 0.15) is 0 Å². The van der Waals surface area contributed by atoms with E-state index in [0.717, 1.165) is 44.7 Å². The van der Waals surface area contributed by atoms with Gasteiger partial charge >= 0.3 is 0 Å². The molecule has 1 amide bonds. The predicted octanol–water partition coefficient (Wildman–Crippen LogP) is 4.65. The van der Waals surface area contributed by atoms with Crippen LogP contribution in [0.1, 0.15) is 37.2 Å². The van der Waals surface area contributed by atoms with Gasteiger partial charge in [0.15, 0.2) is 0 Å². The number of rotatable bonds is 6. The zero-order chi connectivity index (χ0) is 20.9. The van der Waals surface area contributed by atoms with Gasteiger partial charge in [0.25, 0.3) is 0 Å². The molecule has 160 valence electrons. The summed E-state index contributed by atoms with van der Waals surface area (Å²) in [7, 11) is 1.98. The summed E-state index contributed by atoms with van der Waals surface area (Å²) < 4.78 is 0. The number of likely N-dealkylation sites (N-methyl/N-ethyl adjacent to an activating group) is 1. The van der Waals surface area contributed by atoms with Gasteiger partial charge in [0.05, 0.1) is 12.6 Å². The molecular formula is C25H32ClN3O. The normalized spacial score (nSPS) is 22.3. The Labute approximate surface area is 185 Å². The van der Waals surface area contributed by atoms with Gasteiger partial charge in [-0.05, 0) is 68.6 Å². The first-order valence-corrected chi connectivity index (χ1v) is 11.5. The average molecular weight is 426 g/mol. The summed E-state index contributed by atoms with van der Waals surface area (Å²) in [4.78, 5) is 20.2. The lowest BCUT2D eigenvalue weighted by atomic mass is 9.83. The van der Waals surface area contributed by atoms with Crippen LogP contribution < -0.4 is 4.90 Å². The molecular weight excluding hydrogens is 394 g/mol. The number of nitrogens with zero attached hydrogens (tertiary/aromatic N) is 3. The highest BCUT2D eigenvalue weighted by atomic mass is 35.5. The van der Waals surface area contributed by atoms with Gasteiger partial charge in [-0.25, -0.2) is 0 Å². The van der Waals surface area contributed by atoms with Crippen molar-refractivity contribution in [1.29, 1.82) is 0 Å². The van der Waals surface area contributed by atoms with Crippen molar-refractivity contribution in [2.45, 2.75) is 37.6 Å². The molecule has 0 N–H and O–H groups in total. The van der Waals surface area contributed by atoms with Crippen LogP contribution in [0, 0.1) is 0 Å². The molecule has 0 radical (unpaired) electrons. The van der Waals surface area contributed by atoms with Crippen LogP contribution in [0.4, 0.5) is 5.69 Å². The molecule has 2 fully saturated rings. The molecule has 2 heterocycles. The molecule has 0 aliphatic carbocycles. The van der Waals surface area contributed by atoms with Crippen molar-refractivity contribution in [1.82, 2.24) is 9.80 Å². The van der Waals surface area contributed by atoms with Crippen molar-refractivity contribution in [3.8, 4) is 0 Å². The summed E-state index contributed by atoms with van der Waals surface area (Å²) in [6, 6.07) is 18.7. The smallest absolute Gasteiger partial charge is 0.242 e. The van der Waals surface area contributed by atoms with Crippen LogP contribution >= 0.6 is 11.6 Å². The third-order valence-electron chi connectivity index (χ3n) is 6.61. The molecule has 30 heavy (non-hydrogen) atoms. The summed E-state index contributed by atoms with van der Waals surface area (Å²) in [5.74, 6) is 0.627. The summed E-state index contributed by atoms with van der Waals surface area (Å²) in [5.41, 5.74) is 2.38. The topological polar surface area (TPSA) is 26.8 Å². The van der Waals surface area contributed by atoms with E-state index in [1.54, 1.807) is 0 Å². The Morgan fingerprint density at radius 1 is 1.00 bits per heavy atom. The van der Waals surface area contributed by atoms with Gasteiger partial charge in [-0.15, -0.1) is 0 Å². The number of hydrogen-bond donors (Lipinski definition) is 0. The van der Waals surface area contributed by atoms with E-state index in [1.807, 2.05) is 36.2 Å². The molecule has 2 atom stereocenters. The summed E-state index contributed by atoms with van der Waals surface area (Å²) in [6.45, 7) is 4.54. The summed E-state index contributed by atoms with van der Waals surface area (Å²) in [5, 5.41) is 0.714. The molecule has 5 heteroatoms. The second-order valence-electron chi connectivity index (χ2n) is 8.65. The Bertz CT molecular complexity index is 820. The number of anilines is 1. The maximum absolute atomic E-state index is 13.4. The van der Waals surface area contributed by atoms with Gasteiger partial charge in [-0.3, -0.25) is 4.79 Å². The highest BCUT2D eigenvalue weighted by molar-refractivity contribution is 6.30. The Kier molecular flexibility index (Phi) is 6.96. The van der Waals surface area contributed by atoms with Crippen LogP contribution in [0.2, 0.25) is 5.02 Å². The fraction of sp³-hybridized carbons (Fsp3) is 0.480. The van der Waals surface area contributed by atoms with E-state index in [9.17, 15) is 4.79 Å². The van der Waals surface area contributed by atoms with Crippen molar-refractivity contribution in [3.63, 3.8) is 0 Å². The number of benzene rings is 2. The van der Waals surface area contributed by atoms with E-state index in [-0.39, 0.29) is 11.9 Å². The molecule has 4 rings (SSSR count). The lowest BCUT2D eigenvalue weighted by Crippen LogP contribution is -2.54. The van der Waals surface area contributed by atoms with Gasteiger partial charge < -0.3 is 14.7 Å². The lowest BCUT2D eigenvalue weighted by molar-refractivity contribution is -0.134. The Balaban J connectivity index is 1.52. The molecule has 2 saturated heterocycles. The molecule has 0 unspecified atom stereocenters. The van der Waals surface area contributed by atoms with E-state index >= 15 is 0 Å². The Morgan fingerprint density at radius 2 is 1.70 bits per heavy atom. The van der Waals surface area contributed by atoms with E-state index in [2.05, 4.69) is 40.1 Å². The average Bonchev–Trinajstić information content (AvgIpc) is 3.28. The van der Waals surface area contributed by atoms with Gasteiger partial charge in [-0.2, -0.15) is 0 Å². The van der Waals surface area contributed by atoms with Crippen molar-refractivity contribution < 1.29 is 4.79 Å². The third kappa shape index (κ3) is 4.98. The zero-order valence-electron chi connectivity index (χ0n) is 17.8. The number of hydrogen-bond acceptors (Lipinski definition) is 3. The maximum Gasteiger partial charge on any atom is 0.242 e. The van der Waals surface area contributed by atoms with Crippen molar-refractivity contribution in [2.24, 2.45) is 0 Å². The van der Waals surface area contributed by atoms with E-state index < -0.39 is 0 Å². The van der Waals surface area contributed by atoms with Gasteiger partial charge in [-0.1, -0.05) is 41.9 Å². The second kappa shape index (κ2) is 9.84. The number of likely N-dealkylation sites (tertiary alicyclic amines) is 2. The number of carbonyl (C=O) groups excluding carboxylic acids is 1. The van der Waals surface area contributed by atoms with Crippen LogP contribution in [0.25, 0.3) is 0 Å². The van der Waals surface area contributed by atoms with Crippen LogP contribution in [0.3, 0.4) is 0 Å². The predicted molar refractivity (Wildman–Crippen MR) is 124 cm³/mol. The maximum atomic E-state index is 13.4. The molecule has 2 aromatic carbocycles. The lowest BCUT2D eigenvalue weighted by Gasteiger charge is -2.44. The SMILES string of the molecule is CN(CC(=O)N1CCC[C@H](c2ccccc2)[C@@H]1CN1CCCC1)c1ccc(Cl)cc1. The molecule has 4 nitrogen and oxygen atoms in total. The van der Waals surface area contributed by atoms with Crippen LogP contribution in [0.15, 0.2) is 54.6 Å². The third-order valence-corrected chi connectivity index (χ3v) is 6.86. The van der Waals surface area contributed by atoms with Crippen molar-refractivity contribution in [2.75, 3.05) is 44.7 Å². The van der Waals surface area contributed by atoms with Crippen LogP contribution in [-0.4, -0.2) is 61.5 Å². The number of amides is 1.